The maximum Gasteiger partial charge on any atom is 0.195 e. The first-order chi connectivity index (χ1) is 13.6. The highest BCUT2D eigenvalue weighted by atomic mass is 32.2. The molecule has 2 aliphatic heterocycles. The van der Waals surface area contributed by atoms with Crippen molar-refractivity contribution >= 4 is 17.6 Å². The molecule has 142 valence electrons. The van der Waals surface area contributed by atoms with Gasteiger partial charge in [-0.2, -0.15) is 0 Å². The van der Waals surface area contributed by atoms with Crippen molar-refractivity contribution in [3.63, 3.8) is 0 Å². The minimum Gasteiger partial charge on any atom is -0.496 e. The third-order valence-electron chi connectivity index (χ3n) is 4.48. The fraction of sp³-hybridized carbons (Fsp3) is 0.190. The summed E-state index contributed by atoms with van der Waals surface area (Å²) in [6, 6.07) is 16.4. The molecule has 2 aromatic carbocycles. The number of nitrogens with zero attached hydrogens (tertiary/aromatic N) is 4. The monoisotopic (exact) mass is 391 g/mol. The minimum atomic E-state index is 0.390. The summed E-state index contributed by atoms with van der Waals surface area (Å²) in [6.45, 7) is 2.80. The summed E-state index contributed by atoms with van der Waals surface area (Å²) in [4.78, 5) is 14.6. The quantitative estimate of drug-likeness (QED) is 0.534. The maximum absolute atomic E-state index is 6.06. The number of hydrogen-bond donors (Lipinski definition) is 1. The number of fused-ring (bicyclic) bond motifs is 1. The lowest BCUT2D eigenvalue weighted by Gasteiger charge is -2.11. The van der Waals surface area contributed by atoms with E-state index in [1.807, 2.05) is 41.8 Å². The largest absolute Gasteiger partial charge is 0.496 e. The number of benzene rings is 2. The van der Waals surface area contributed by atoms with Crippen molar-refractivity contribution in [3.05, 3.63) is 66.0 Å². The summed E-state index contributed by atoms with van der Waals surface area (Å²) in [5.74, 6) is 1.94. The van der Waals surface area contributed by atoms with Gasteiger partial charge in [0.2, 0.25) is 0 Å². The molecule has 2 aromatic rings. The van der Waals surface area contributed by atoms with Crippen molar-refractivity contribution in [1.82, 2.24) is 19.5 Å². The molecule has 0 atom stereocenters. The fourth-order valence-electron chi connectivity index (χ4n) is 3.00. The third-order valence-corrected chi connectivity index (χ3v) is 5.38. The van der Waals surface area contributed by atoms with Gasteiger partial charge in [-0.15, -0.1) is 0 Å². The topological polar surface area (TPSA) is 78.9 Å². The van der Waals surface area contributed by atoms with Gasteiger partial charge in [0.25, 0.3) is 0 Å². The summed E-state index contributed by atoms with van der Waals surface area (Å²) >= 11 is 1.47. The smallest absolute Gasteiger partial charge is 0.195 e. The molecule has 0 aliphatic carbocycles. The molecular weight excluding hydrogens is 370 g/mol. The summed E-state index contributed by atoms with van der Waals surface area (Å²) < 4.78 is 7.47. The number of ether oxygens (including phenoxy) is 1. The van der Waals surface area contributed by atoms with Crippen LogP contribution >= 0.6 is 11.8 Å². The van der Waals surface area contributed by atoms with Gasteiger partial charge in [-0.05, 0) is 48.4 Å². The van der Waals surface area contributed by atoms with Crippen molar-refractivity contribution < 1.29 is 4.74 Å². The molecule has 0 spiro atoms. The number of hydrogen-bond acceptors (Lipinski definition) is 6. The Hall–Kier alpha value is -3.06. The molecule has 0 saturated heterocycles. The molecule has 0 saturated carbocycles. The molecule has 2 heterocycles. The first kappa shape index (κ1) is 18.3. The average molecular weight is 392 g/mol. The van der Waals surface area contributed by atoms with Crippen LogP contribution in [0.1, 0.15) is 11.1 Å². The Morgan fingerprint density at radius 2 is 1.93 bits per heavy atom. The van der Waals surface area contributed by atoms with Crippen LogP contribution < -0.4 is 10.5 Å². The average Bonchev–Trinajstić information content (AvgIpc) is 3.13. The number of imidazole rings is 1. The van der Waals surface area contributed by atoms with E-state index < -0.39 is 0 Å². The summed E-state index contributed by atoms with van der Waals surface area (Å²) in [6.07, 6.45) is 2.62. The van der Waals surface area contributed by atoms with Crippen LogP contribution in [0.3, 0.4) is 0 Å². The number of aromatic nitrogens is 4. The Balaban J connectivity index is 1.63. The minimum absolute atomic E-state index is 0.390. The Morgan fingerprint density at radius 1 is 1.11 bits per heavy atom. The third kappa shape index (κ3) is 3.80. The zero-order valence-corrected chi connectivity index (χ0v) is 16.6. The lowest BCUT2D eigenvalue weighted by molar-refractivity contribution is 0.404. The SMILES string of the molecule is COc1ccc(C)cc1Sc1nc2c(N)ncn(CCc3ccccc3)c-2n1. The Labute approximate surface area is 168 Å². The molecule has 0 aromatic heterocycles. The molecule has 2 aliphatic rings. The molecule has 6 nitrogen and oxygen atoms in total. The van der Waals surface area contributed by atoms with E-state index in [4.69, 9.17) is 15.5 Å². The molecule has 0 amide bonds. The fourth-order valence-corrected chi connectivity index (χ4v) is 3.96. The number of aryl methyl sites for hydroxylation is 3. The van der Waals surface area contributed by atoms with E-state index >= 15 is 0 Å². The second kappa shape index (κ2) is 7.90. The highest BCUT2D eigenvalue weighted by Gasteiger charge is 2.20. The molecule has 28 heavy (non-hydrogen) atoms. The van der Waals surface area contributed by atoms with E-state index in [2.05, 4.69) is 28.2 Å². The Morgan fingerprint density at radius 3 is 2.71 bits per heavy atom. The summed E-state index contributed by atoms with van der Waals surface area (Å²) in [7, 11) is 1.66. The maximum atomic E-state index is 6.06. The predicted octanol–water partition coefficient (Wildman–Crippen LogP) is 4.07. The molecule has 0 fully saturated rings. The number of anilines is 1. The van der Waals surface area contributed by atoms with Gasteiger partial charge < -0.3 is 15.0 Å². The Kier molecular flexibility index (Phi) is 5.16. The number of methoxy groups -OCH3 is 1. The zero-order chi connectivity index (χ0) is 19.5. The van der Waals surface area contributed by atoms with E-state index in [0.717, 1.165) is 35.0 Å². The number of rotatable bonds is 6. The van der Waals surface area contributed by atoms with Crippen LogP contribution in [0, 0.1) is 6.92 Å². The van der Waals surface area contributed by atoms with E-state index in [0.29, 0.717) is 16.7 Å². The van der Waals surface area contributed by atoms with Crippen molar-refractivity contribution in [2.45, 2.75) is 29.9 Å². The van der Waals surface area contributed by atoms with Gasteiger partial charge in [-0.25, -0.2) is 15.0 Å². The number of nitrogens with two attached hydrogens (primary N) is 1. The molecule has 0 unspecified atom stereocenters. The molecule has 4 rings (SSSR count). The van der Waals surface area contributed by atoms with Crippen LogP contribution in [-0.4, -0.2) is 26.6 Å². The van der Waals surface area contributed by atoms with Crippen LogP contribution in [0.4, 0.5) is 5.82 Å². The van der Waals surface area contributed by atoms with Crippen LogP contribution in [0.2, 0.25) is 0 Å². The lowest BCUT2D eigenvalue weighted by atomic mass is 10.1. The van der Waals surface area contributed by atoms with Gasteiger partial charge in [0, 0.05) is 6.54 Å². The molecule has 0 bridgehead atoms. The lowest BCUT2D eigenvalue weighted by Crippen LogP contribution is -2.09. The van der Waals surface area contributed by atoms with Crippen LogP contribution in [0.15, 0.2) is 64.9 Å². The molecule has 7 heteroatoms. The standard InChI is InChI=1S/C21H21N5OS/c1-14-8-9-16(27-2)17(12-14)28-21-24-18-19(22)23-13-26(20(18)25-21)11-10-15-6-4-3-5-7-15/h3-9,12-13H,10-11,22H2,1-2H3. The van der Waals surface area contributed by atoms with Crippen molar-refractivity contribution in [2.24, 2.45) is 0 Å². The van der Waals surface area contributed by atoms with Gasteiger partial charge in [0.15, 0.2) is 22.5 Å². The first-order valence-corrected chi connectivity index (χ1v) is 9.80. The van der Waals surface area contributed by atoms with Crippen LogP contribution in [-0.2, 0) is 13.0 Å². The van der Waals surface area contributed by atoms with Crippen LogP contribution in [0.5, 0.6) is 5.75 Å². The first-order valence-electron chi connectivity index (χ1n) is 8.99. The highest BCUT2D eigenvalue weighted by Crippen LogP contribution is 2.36. The second-order valence-corrected chi connectivity index (χ2v) is 7.50. The van der Waals surface area contributed by atoms with Crippen molar-refractivity contribution in [3.8, 4) is 17.3 Å². The normalized spacial score (nSPS) is 11.1. The number of nitrogen functional groups attached to an aromatic ring is 1. The van der Waals surface area contributed by atoms with E-state index in [1.165, 1.54) is 17.3 Å². The second-order valence-electron chi connectivity index (χ2n) is 6.49. The van der Waals surface area contributed by atoms with Crippen LogP contribution in [0.25, 0.3) is 11.5 Å². The summed E-state index contributed by atoms with van der Waals surface area (Å²) in [5, 5.41) is 0.632. The van der Waals surface area contributed by atoms with Gasteiger partial charge in [-0.1, -0.05) is 36.4 Å². The van der Waals surface area contributed by atoms with E-state index in [-0.39, 0.29) is 0 Å². The molecule has 2 N–H and O–H groups in total. The van der Waals surface area contributed by atoms with E-state index in [9.17, 15) is 0 Å². The highest BCUT2D eigenvalue weighted by molar-refractivity contribution is 7.99. The van der Waals surface area contributed by atoms with Crippen molar-refractivity contribution in [2.75, 3.05) is 12.8 Å². The van der Waals surface area contributed by atoms with Crippen molar-refractivity contribution in [1.29, 1.82) is 0 Å². The van der Waals surface area contributed by atoms with Gasteiger partial charge in [-0.3, -0.25) is 0 Å². The van der Waals surface area contributed by atoms with Gasteiger partial charge >= 0.3 is 0 Å². The molecular formula is C21H21N5OS. The summed E-state index contributed by atoms with van der Waals surface area (Å²) in [5.41, 5.74) is 9.10. The van der Waals surface area contributed by atoms with Gasteiger partial charge in [0.05, 0.1) is 18.3 Å². The molecule has 0 radical (unpaired) electrons. The zero-order valence-electron chi connectivity index (χ0n) is 15.8. The van der Waals surface area contributed by atoms with Gasteiger partial charge in [0.1, 0.15) is 5.75 Å². The van der Waals surface area contributed by atoms with E-state index in [1.54, 1.807) is 13.4 Å². The predicted molar refractivity (Wildman–Crippen MR) is 111 cm³/mol. The Bertz CT molecular complexity index is 1060.